The molecule has 0 bridgehead atoms. The molecule has 1 unspecified atom stereocenters. The van der Waals surface area contributed by atoms with Gasteiger partial charge in [-0.15, -0.1) is 0 Å². The predicted octanol–water partition coefficient (Wildman–Crippen LogP) is 2.82. The van der Waals surface area contributed by atoms with Crippen LogP contribution in [0.15, 0.2) is 59.5 Å². The maximum Gasteiger partial charge on any atom is 0.251 e. The molecule has 2 aromatic carbocycles. The van der Waals surface area contributed by atoms with Crippen LogP contribution in [0.3, 0.4) is 0 Å². The molecule has 2 aromatic rings. The van der Waals surface area contributed by atoms with Gasteiger partial charge in [0.15, 0.2) is 0 Å². The molecular weight excluding hydrogens is 336 g/mol. The first-order chi connectivity index (χ1) is 11.9. The Morgan fingerprint density at radius 1 is 1.08 bits per heavy atom. The summed E-state index contributed by atoms with van der Waals surface area (Å²) in [5, 5.41) is 3.07. The average Bonchev–Trinajstić information content (AvgIpc) is 3.45. The van der Waals surface area contributed by atoms with E-state index >= 15 is 0 Å². The number of nitrogens with zero attached hydrogens (tertiary/aromatic N) is 1. The zero-order valence-corrected chi connectivity index (χ0v) is 15.2. The Bertz CT molecular complexity index is 859. The molecule has 5 nitrogen and oxygen atoms in total. The Morgan fingerprint density at radius 2 is 1.76 bits per heavy atom. The zero-order chi connectivity index (χ0) is 18.0. The van der Waals surface area contributed by atoms with Crippen LogP contribution in [0, 0.1) is 5.92 Å². The number of rotatable bonds is 6. The number of carbonyl (C=O) groups is 1. The van der Waals surface area contributed by atoms with Crippen LogP contribution in [0.2, 0.25) is 0 Å². The van der Waals surface area contributed by atoms with Gasteiger partial charge in [-0.05, 0) is 42.5 Å². The third-order valence-corrected chi connectivity index (χ3v) is 6.22. The molecule has 6 heteroatoms. The van der Waals surface area contributed by atoms with Crippen molar-refractivity contribution >= 4 is 15.9 Å². The van der Waals surface area contributed by atoms with E-state index in [0.29, 0.717) is 11.5 Å². The number of hydrogen-bond donors (Lipinski definition) is 1. The first kappa shape index (κ1) is 17.6. The lowest BCUT2D eigenvalue weighted by Gasteiger charge is -2.19. The second-order valence-corrected chi connectivity index (χ2v) is 8.67. The first-order valence-electron chi connectivity index (χ1n) is 8.28. The van der Waals surface area contributed by atoms with Gasteiger partial charge in [-0.3, -0.25) is 4.79 Å². The van der Waals surface area contributed by atoms with Crippen molar-refractivity contribution in [3.63, 3.8) is 0 Å². The molecule has 0 heterocycles. The lowest BCUT2D eigenvalue weighted by molar-refractivity contribution is 0.0931. The van der Waals surface area contributed by atoms with Crippen molar-refractivity contribution in [1.29, 1.82) is 0 Å². The Morgan fingerprint density at radius 3 is 2.36 bits per heavy atom. The summed E-state index contributed by atoms with van der Waals surface area (Å²) in [4.78, 5) is 12.8. The second-order valence-electron chi connectivity index (χ2n) is 6.51. The van der Waals surface area contributed by atoms with E-state index in [1.807, 2.05) is 30.3 Å². The number of nitrogens with one attached hydrogen (secondary N) is 1. The van der Waals surface area contributed by atoms with Gasteiger partial charge in [0.2, 0.25) is 10.0 Å². The fourth-order valence-corrected chi connectivity index (χ4v) is 3.74. The minimum Gasteiger partial charge on any atom is -0.345 e. The lowest BCUT2D eigenvalue weighted by atomic mass is 10.0. The van der Waals surface area contributed by atoms with E-state index in [1.54, 1.807) is 12.1 Å². The van der Waals surface area contributed by atoms with Crippen molar-refractivity contribution in [2.75, 3.05) is 14.1 Å². The summed E-state index contributed by atoms with van der Waals surface area (Å²) in [5.41, 5.74) is 1.43. The summed E-state index contributed by atoms with van der Waals surface area (Å²) in [5.74, 6) is 0.191. The molecule has 1 atom stereocenters. The predicted molar refractivity (Wildman–Crippen MR) is 96.7 cm³/mol. The molecule has 3 rings (SSSR count). The maximum absolute atomic E-state index is 12.7. The van der Waals surface area contributed by atoms with Crippen LogP contribution in [0.4, 0.5) is 0 Å². The molecule has 1 aliphatic rings. The van der Waals surface area contributed by atoms with Gasteiger partial charge in [-0.25, -0.2) is 12.7 Å². The van der Waals surface area contributed by atoms with Crippen LogP contribution in [0.25, 0.3) is 0 Å². The Labute approximate surface area is 148 Å². The van der Waals surface area contributed by atoms with Gasteiger partial charge in [0.05, 0.1) is 10.9 Å². The van der Waals surface area contributed by atoms with Crippen LogP contribution < -0.4 is 5.32 Å². The minimum atomic E-state index is -3.56. The molecule has 1 fully saturated rings. The van der Waals surface area contributed by atoms with Gasteiger partial charge in [0.1, 0.15) is 0 Å². The molecule has 132 valence electrons. The van der Waals surface area contributed by atoms with E-state index in [0.717, 1.165) is 22.7 Å². The molecule has 1 aliphatic carbocycles. The van der Waals surface area contributed by atoms with Gasteiger partial charge in [0.25, 0.3) is 5.91 Å². The summed E-state index contributed by atoms with van der Waals surface area (Å²) in [6, 6.07) is 16.0. The maximum atomic E-state index is 12.7. The normalized spacial score (nSPS) is 15.8. The number of sulfonamides is 1. The number of amides is 1. The number of hydrogen-bond acceptors (Lipinski definition) is 3. The van der Waals surface area contributed by atoms with E-state index in [2.05, 4.69) is 5.32 Å². The van der Waals surface area contributed by atoms with E-state index in [-0.39, 0.29) is 16.8 Å². The molecule has 1 saturated carbocycles. The second kappa shape index (κ2) is 6.98. The highest BCUT2D eigenvalue weighted by molar-refractivity contribution is 7.89. The van der Waals surface area contributed by atoms with Crippen molar-refractivity contribution in [3.8, 4) is 0 Å². The first-order valence-corrected chi connectivity index (χ1v) is 9.72. The summed E-state index contributed by atoms with van der Waals surface area (Å²) >= 11 is 0. The van der Waals surface area contributed by atoms with E-state index in [1.165, 1.54) is 26.2 Å². The lowest BCUT2D eigenvalue weighted by Crippen LogP contribution is -2.30. The average molecular weight is 358 g/mol. The Kier molecular flexibility index (Phi) is 4.92. The van der Waals surface area contributed by atoms with E-state index < -0.39 is 10.0 Å². The van der Waals surface area contributed by atoms with Crippen LogP contribution >= 0.6 is 0 Å². The van der Waals surface area contributed by atoms with E-state index in [9.17, 15) is 13.2 Å². The SMILES string of the molecule is CN(C)S(=O)(=O)c1cccc(C(=O)NC(c2ccccc2)C2CC2)c1. The topological polar surface area (TPSA) is 66.5 Å². The van der Waals surface area contributed by atoms with Gasteiger partial charge in [0, 0.05) is 19.7 Å². The Hall–Kier alpha value is -2.18. The van der Waals surface area contributed by atoms with Gasteiger partial charge >= 0.3 is 0 Å². The highest BCUT2D eigenvalue weighted by Crippen LogP contribution is 2.41. The summed E-state index contributed by atoms with van der Waals surface area (Å²) in [6.45, 7) is 0. The van der Waals surface area contributed by atoms with Gasteiger partial charge < -0.3 is 5.32 Å². The third-order valence-electron chi connectivity index (χ3n) is 4.41. The van der Waals surface area contributed by atoms with Crippen molar-refractivity contribution in [2.24, 2.45) is 5.92 Å². The van der Waals surface area contributed by atoms with Gasteiger partial charge in [-0.1, -0.05) is 36.4 Å². The van der Waals surface area contributed by atoms with Gasteiger partial charge in [-0.2, -0.15) is 0 Å². The quantitative estimate of drug-likeness (QED) is 0.863. The summed E-state index contributed by atoms with van der Waals surface area (Å²) in [7, 11) is -0.619. The highest BCUT2D eigenvalue weighted by atomic mass is 32.2. The fraction of sp³-hybridized carbons (Fsp3) is 0.316. The largest absolute Gasteiger partial charge is 0.345 e. The number of carbonyl (C=O) groups excluding carboxylic acids is 1. The summed E-state index contributed by atoms with van der Waals surface area (Å²) in [6.07, 6.45) is 2.18. The third kappa shape index (κ3) is 3.91. The fourth-order valence-electron chi connectivity index (χ4n) is 2.80. The molecule has 0 aliphatic heterocycles. The van der Waals surface area contributed by atoms with Crippen LogP contribution in [-0.2, 0) is 10.0 Å². The summed E-state index contributed by atoms with van der Waals surface area (Å²) < 4.78 is 25.7. The molecule has 25 heavy (non-hydrogen) atoms. The van der Waals surface area contributed by atoms with Crippen molar-refractivity contribution in [2.45, 2.75) is 23.8 Å². The standard InChI is InChI=1S/C19H22N2O3S/c1-21(2)25(23,24)17-10-6-9-16(13-17)19(22)20-18(15-11-12-15)14-7-4-3-5-8-14/h3-10,13,15,18H,11-12H2,1-2H3,(H,20,22). The Balaban J connectivity index is 1.84. The molecule has 0 saturated heterocycles. The van der Waals surface area contributed by atoms with Crippen LogP contribution in [0.1, 0.15) is 34.8 Å². The zero-order valence-electron chi connectivity index (χ0n) is 14.3. The van der Waals surface area contributed by atoms with Crippen LogP contribution in [-0.4, -0.2) is 32.7 Å². The molecular formula is C19H22N2O3S. The molecule has 0 spiro atoms. The molecule has 0 aromatic heterocycles. The highest BCUT2D eigenvalue weighted by Gasteiger charge is 2.33. The minimum absolute atomic E-state index is 0.0391. The molecule has 0 radical (unpaired) electrons. The molecule has 1 N–H and O–H groups in total. The van der Waals surface area contributed by atoms with Crippen molar-refractivity contribution in [1.82, 2.24) is 9.62 Å². The monoisotopic (exact) mass is 358 g/mol. The molecule has 1 amide bonds. The van der Waals surface area contributed by atoms with Crippen molar-refractivity contribution in [3.05, 3.63) is 65.7 Å². The van der Waals surface area contributed by atoms with E-state index in [4.69, 9.17) is 0 Å². The smallest absolute Gasteiger partial charge is 0.251 e. The van der Waals surface area contributed by atoms with Crippen LogP contribution in [0.5, 0.6) is 0 Å². The number of benzene rings is 2. The van der Waals surface area contributed by atoms with Crippen molar-refractivity contribution < 1.29 is 13.2 Å².